The van der Waals surface area contributed by atoms with E-state index in [1.807, 2.05) is 0 Å². The minimum absolute atomic E-state index is 0.321. The summed E-state index contributed by atoms with van der Waals surface area (Å²) in [5.74, 6) is 0.833. The molecule has 2 N–H and O–H groups in total. The Morgan fingerprint density at radius 2 is 2.30 bits per heavy atom. The van der Waals surface area contributed by atoms with Crippen LogP contribution in [0.25, 0.3) is 11.4 Å². The summed E-state index contributed by atoms with van der Waals surface area (Å²) in [6, 6.07) is 4.63. The van der Waals surface area contributed by atoms with Gasteiger partial charge in [0.25, 0.3) is 0 Å². The third-order valence-electron chi connectivity index (χ3n) is 3.31. The summed E-state index contributed by atoms with van der Waals surface area (Å²) in [5.41, 5.74) is 0.648. The highest BCUT2D eigenvalue weighted by molar-refractivity contribution is 6.33. The maximum absolute atomic E-state index is 13.1. The zero-order valence-corrected chi connectivity index (χ0v) is 11.8. The van der Waals surface area contributed by atoms with Crippen molar-refractivity contribution in [3.05, 3.63) is 29.0 Å². The Bertz CT molecular complexity index is 615. The zero-order valence-electron chi connectivity index (χ0n) is 11.0. The molecule has 0 unspecified atom stereocenters. The van der Waals surface area contributed by atoms with Gasteiger partial charge < -0.3 is 10.2 Å². The second-order valence-corrected chi connectivity index (χ2v) is 5.32. The molecule has 3 rings (SSSR count). The molecule has 7 heteroatoms. The average Bonchev–Trinajstić information content (AvgIpc) is 2.88. The van der Waals surface area contributed by atoms with Crippen LogP contribution in [0.3, 0.4) is 0 Å². The van der Waals surface area contributed by atoms with Crippen molar-refractivity contribution in [2.24, 2.45) is 0 Å². The number of aromatic nitrogens is 3. The normalized spacial score (nSPS) is 19.4. The fraction of sp³-hybridized carbons (Fsp3) is 0.385. The number of rotatable bonds is 2. The summed E-state index contributed by atoms with van der Waals surface area (Å²) in [7, 11) is 0. The lowest BCUT2D eigenvalue weighted by Crippen LogP contribution is -2.49. The molecule has 1 atom stereocenters. The number of nitrogens with zero attached hydrogens (tertiary/aromatic N) is 3. The van der Waals surface area contributed by atoms with Gasteiger partial charge in [0.15, 0.2) is 5.82 Å². The molecular formula is C13H15ClFN5. The highest BCUT2D eigenvalue weighted by Crippen LogP contribution is 2.26. The van der Waals surface area contributed by atoms with Gasteiger partial charge in [-0.25, -0.2) is 4.39 Å². The smallest absolute Gasteiger partial charge is 0.245 e. The largest absolute Gasteiger partial charge is 0.337 e. The molecule has 106 valence electrons. The molecule has 2 heterocycles. The van der Waals surface area contributed by atoms with Gasteiger partial charge in [-0.05, 0) is 25.1 Å². The number of piperazine rings is 1. The second kappa shape index (κ2) is 5.38. The molecule has 5 nitrogen and oxygen atoms in total. The maximum atomic E-state index is 13.1. The number of nitrogens with one attached hydrogen (secondary N) is 2. The molecule has 1 saturated heterocycles. The molecule has 1 aliphatic rings. The molecule has 1 aromatic carbocycles. The van der Waals surface area contributed by atoms with Crippen molar-refractivity contribution >= 4 is 17.5 Å². The SMILES string of the molecule is C[C@H]1CN(c2n[nH]c(-c3ccc(F)cc3Cl)n2)CCN1. The van der Waals surface area contributed by atoms with Crippen LogP contribution in [0.2, 0.25) is 5.02 Å². The van der Waals surface area contributed by atoms with E-state index in [1.54, 1.807) is 6.07 Å². The summed E-state index contributed by atoms with van der Waals surface area (Å²) < 4.78 is 13.1. The van der Waals surface area contributed by atoms with E-state index in [1.165, 1.54) is 12.1 Å². The van der Waals surface area contributed by atoms with E-state index in [-0.39, 0.29) is 5.82 Å². The molecular weight excluding hydrogens is 281 g/mol. The maximum Gasteiger partial charge on any atom is 0.245 e. The molecule has 0 aliphatic carbocycles. The lowest BCUT2D eigenvalue weighted by atomic mass is 10.2. The van der Waals surface area contributed by atoms with E-state index in [0.717, 1.165) is 19.6 Å². The standard InChI is InChI=1S/C13H15ClFN5/c1-8-7-20(5-4-16-8)13-17-12(18-19-13)10-3-2-9(15)6-11(10)14/h2-3,6,8,16H,4-5,7H2,1H3,(H,17,18,19)/t8-/m0/s1. The summed E-state index contributed by atoms with van der Waals surface area (Å²) in [6.07, 6.45) is 0. The Hall–Kier alpha value is -1.66. The van der Waals surface area contributed by atoms with Gasteiger partial charge in [-0.3, -0.25) is 5.10 Å². The number of hydrogen-bond acceptors (Lipinski definition) is 4. The minimum atomic E-state index is -0.366. The molecule has 0 radical (unpaired) electrons. The highest BCUT2D eigenvalue weighted by atomic mass is 35.5. The predicted molar refractivity (Wildman–Crippen MR) is 76.5 cm³/mol. The average molecular weight is 296 g/mol. The van der Waals surface area contributed by atoms with Crippen LogP contribution in [0.15, 0.2) is 18.2 Å². The number of anilines is 1. The van der Waals surface area contributed by atoms with Crippen molar-refractivity contribution in [3.63, 3.8) is 0 Å². The Labute approximate surface area is 121 Å². The summed E-state index contributed by atoms with van der Waals surface area (Å²) in [6.45, 7) is 4.74. The third kappa shape index (κ3) is 2.62. The summed E-state index contributed by atoms with van der Waals surface area (Å²) >= 11 is 6.03. The topological polar surface area (TPSA) is 56.8 Å². The van der Waals surface area contributed by atoms with Gasteiger partial charge in [0.05, 0.1) is 5.02 Å². The zero-order chi connectivity index (χ0) is 14.1. The lowest BCUT2D eigenvalue weighted by molar-refractivity contribution is 0.480. The molecule has 1 aliphatic heterocycles. The van der Waals surface area contributed by atoms with Crippen molar-refractivity contribution in [2.75, 3.05) is 24.5 Å². The first kappa shape index (κ1) is 13.3. The van der Waals surface area contributed by atoms with Crippen molar-refractivity contribution < 1.29 is 4.39 Å². The quantitative estimate of drug-likeness (QED) is 0.890. The highest BCUT2D eigenvalue weighted by Gasteiger charge is 2.20. The van der Waals surface area contributed by atoms with Crippen molar-refractivity contribution in [1.82, 2.24) is 20.5 Å². The number of aromatic amines is 1. The Morgan fingerprint density at radius 3 is 3.05 bits per heavy atom. The number of benzene rings is 1. The Kier molecular flexibility index (Phi) is 3.58. The Balaban J connectivity index is 1.86. The number of H-pyrrole nitrogens is 1. The molecule has 0 saturated carbocycles. The van der Waals surface area contributed by atoms with Crippen LogP contribution in [-0.2, 0) is 0 Å². The number of hydrogen-bond donors (Lipinski definition) is 2. The van der Waals surface area contributed by atoms with Gasteiger partial charge in [0, 0.05) is 31.2 Å². The van der Waals surface area contributed by atoms with E-state index in [4.69, 9.17) is 11.6 Å². The predicted octanol–water partition coefficient (Wildman–Crippen LogP) is 2.06. The van der Waals surface area contributed by atoms with E-state index >= 15 is 0 Å². The van der Waals surface area contributed by atoms with Crippen LogP contribution in [0.4, 0.5) is 10.3 Å². The van der Waals surface area contributed by atoms with E-state index in [2.05, 4.69) is 32.3 Å². The van der Waals surface area contributed by atoms with Gasteiger partial charge in [0.1, 0.15) is 5.82 Å². The Morgan fingerprint density at radius 1 is 1.45 bits per heavy atom. The summed E-state index contributed by atoms with van der Waals surface area (Å²) in [5, 5.41) is 10.8. The summed E-state index contributed by atoms with van der Waals surface area (Å²) in [4.78, 5) is 6.56. The molecule has 20 heavy (non-hydrogen) atoms. The van der Waals surface area contributed by atoms with Crippen LogP contribution in [0, 0.1) is 5.82 Å². The monoisotopic (exact) mass is 295 g/mol. The minimum Gasteiger partial charge on any atom is -0.337 e. The lowest BCUT2D eigenvalue weighted by Gasteiger charge is -2.30. The van der Waals surface area contributed by atoms with E-state index < -0.39 is 0 Å². The first-order valence-corrected chi connectivity index (χ1v) is 6.87. The molecule has 2 aromatic rings. The van der Waals surface area contributed by atoms with Crippen LogP contribution < -0.4 is 10.2 Å². The van der Waals surface area contributed by atoms with Crippen LogP contribution in [-0.4, -0.2) is 40.9 Å². The molecule has 0 amide bonds. The van der Waals surface area contributed by atoms with Gasteiger partial charge >= 0.3 is 0 Å². The van der Waals surface area contributed by atoms with E-state index in [0.29, 0.717) is 28.4 Å². The number of halogens is 2. The fourth-order valence-corrected chi connectivity index (χ4v) is 2.57. The van der Waals surface area contributed by atoms with Crippen molar-refractivity contribution in [1.29, 1.82) is 0 Å². The molecule has 0 spiro atoms. The van der Waals surface area contributed by atoms with Crippen molar-refractivity contribution in [3.8, 4) is 11.4 Å². The van der Waals surface area contributed by atoms with Gasteiger partial charge in [-0.15, -0.1) is 5.10 Å². The first-order valence-electron chi connectivity index (χ1n) is 6.49. The van der Waals surface area contributed by atoms with Crippen LogP contribution in [0.5, 0.6) is 0 Å². The second-order valence-electron chi connectivity index (χ2n) is 4.91. The molecule has 1 aromatic heterocycles. The molecule has 1 fully saturated rings. The van der Waals surface area contributed by atoms with Crippen LogP contribution in [0.1, 0.15) is 6.92 Å². The first-order chi connectivity index (χ1) is 9.63. The van der Waals surface area contributed by atoms with Gasteiger partial charge in [-0.1, -0.05) is 11.6 Å². The van der Waals surface area contributed by atoms with Gasteiger partial charge in [-0.2, -0.15) is 4.98 Å². The van der Waals surface area contributed by atoms with E-state index in [9.17, 15) is 4.39 Å². The third-order valence-corrected chi connectivity index (χ3v) is 3.62. The van der Waals surface area contributed by atoms with Crippen molar-refractivity contribution in [2.45, 2.75) is 13.0 Å². The van der Waals surface area contributed by atoms with Gasteiger partial charge in [0.2, 0.25) is 5.95 Å². The molecule has 0 bridgehead atoms. The van der Waals surface area contributed by atoms with Crippen LogP contribution >= 0.6 is 11.6 Å². The fourth-order valence-electron chi connectivity index (χ4n) is 2.31.